The van der Waals surface area contributed by atoms with Gasteiger partial charge in [0, 0.05) is 18.3 Å². The summed E-state index contributed by atoms with van der Waals surface area (Å²) in [5.74, 6) is -0.131. The fraction of sp³-hybridized carbons (Fsp3) is 0.316. The summed E-state index contributed by atoms with van der Waals surface area (Å²) in [5, 5.41) is 12.4. The van der Waals surface area contributed by atoms with E-state index in [4.69, 9.17) is 11.6 Å². The highest BCUT2D eigenvalue weighted by Gasteiger charge is 2.11. The number of hydrogen-bond donors (Lipinski definition) is 1. The van der Waals surface area contributed by atoms with Gasteiger partial charge in [0.1, 0.15) is 0 Å². The number of carbonyl (C=O) groups excluding carboxylic acids is 1. The number of halogens is 2. The molecular formula is C19H21BrClN5O. The lowest BCUT2D eigenvalue weighted by Crippen LogP contribution is -2.23. The first kappa shape index (κ1) is 19.6. The van der Waals surface area contributed by atoms with Crippen molar-refractivity contribution in [2.24, 2.45) is 0 Å². The summed E-state index contributed by atoms with van der Waals surface area (Å²) in [6.45, 7) is 7.63. The van der Waals surface area contributed by atoms with Crippen molar-refractivity contribution in [1.29, 1.82) is 0 Å². The average Bonchev–Trinajstić information content (AvgIpc) is 3.15. The highest BCUT2D eigenvalue weighted by molar-refractivity contribution is 9.10. The Labute approximate surface area is 171 Å². The van der Waals surface area contributed by atoms with E-state index >= 15 is 0 Å². The van der Waals surface area contributed by atoms with Crippen molar-refractivity contribution >= 4 is 33.4 Å². The first-order valence-electron chi connectivity index (χ1n) is 8.67. The number of nitrogens with one attached hydrogen (secondary N) is 1. The van der Waals surface area contributed by atoms with Crippen molar-refractivity contribution in [2.45, 2.75) is 40.4 Å². The van der Waals surface area contributed by atoms with Gasteiger partial charge < -0.3 is 5.32 Å². The highest BCUT2D eigenvalue weighted by Crippen LogP contribution is 2.20. The van der Waals surface area contributed by atoms with Crippen LogP contribution in [-0.2, 0) is 19.6 Å². The van der Waals surface area contributed by atoms with Gasteiger partial charge in [-0.2, -0.15) is 10.2 Å². The molecule has 0 unspecified atom stereocenters. The molecule has 27 heavy (non-hydrogen) atoms. The molecule has 2 heterocycles. The highest BCUT2D eigenvalue weighted by atomic mass is 79.9. The maximum atomic E-state index is 12.4. The van der Waals surface area contributed by atoms with Gasteiger partial charge in [0.2, 0.25) is 0 Å². The van der Waals surface area contributed by atoms with Gasteiger partial charge in [-0.1, -0.05) is 23.7 Å². The summed E-state index contributed by atoms with van der Waals surface area (Å²) in [4.78, 5) is 12.4. The second-order valence-corrected chi connectivity index (χ2v) is 7.53. The summed E-state index contributed by atoms with van der Waals surface area (Å²) >= 11 is 9.66. The molecule has 6 nitrogen and oxygen atoms in total. The van der Waals surface area contributed by atoms with Gasteiger partial charge >= 0.3 is 0 Å². The lowest BCUT2D eigenvalue weighted by Gasteiger charge is -2.07. The van der Waals surface area contributed by atoms with E-state index in [-0.39, 0.29) is 5.91 Å². The quantitative estimate of drug-likeness (QED) is 0.614. The van der Waals surface area contributed by atoms with Crippen molar-refractivity contribution in [3.8, 4) is 0 Å². The van der Waals surface area contributed by atoms with Crippen LogP contribution in [0.15, 0.2) is 34.9 Å². The third kappa shape index (κ3) is 4.42. The lowest BCUT2D eigenvalue weighted by atomic mass is 10.1. The summed E-state index contributed by atoms with van der Waals surface area (Å²) in [6, 6.07) is 7.50. The zero-order chi connectivity index (χ0) is 19.6. The second-order valence-electron chi connectivity index (χ2n) is 6.30. The Morgan fingerprint density at radius 3 is 2.48 bits per heavy atom. The van der Waals surface area contributed by atoms with Crippen LogP contribution in [-0.4, -0.2) is 25.5 Å². The largest absolute Gasteiger partial charge is 0.346 e. The van der Waals surface area contributed by atoms with Gasteiger partial charge in [0.15, 0.2) is 0 Å². The summed E-state index contributed by atoms with van der Waals surface area (Å²) in [6.07, 6.45) is 1.90. The van der Waals surface area contributed by atoms with Crippen molar-refractivity contribution < 1.29 is 4.79 Å². The van der Waals surface area contributed by atoms with Gasteiger partial charge in [0.25, 0.3) is 5.91 Å². The summed E-state index contributed by atoms with van der Waals surface area (Å²) in [5.41, 5.74) is 4.23. The third-order valence-electron chi connectivity index (χ3n) is 4.37. The molecule has 1 N–H and O–H groups in total. The fourth-order valence-corrected chi connectivity index (χ4v) is 3.34. The zero-order valence-electron chi connectivity index (χ0n) is 15.5. The van der Waals surface area contributed by atoms with Crippen LogP contribution in [0.2, 0.25) is 5.02 Å². The van der Waals surface area contributed by atoms with E-state index in [0.717, 1.165) is 33.7 Å². The Balaban J connectivity index is 1.63. The van der Waals surface area contributed by atoms with Crippen molar-refractivity contribution in [3.63, 3.8) is 0 Å². The molecule has 0 aliphatic rings. The Bertz CT molecular complexity index is 961. The molecule has 0 atom stereocenters. The first-order chi connectivity index (χ1) is 12.9. The monoisotopic (exact) mass is 449 g/mol. The second kappa shape index (κ2) is 8.27. The van der Waals surface area contributed by atoms with Crippen LogP contribution in [0.5, 0.6) is 0 Å². The summed E-state index contributed by atoms with van der Waals surface area (Å²) < 4.78 is 4.59. The van der Waals surface area contributed by atoms with Gasteiger partial charge in [-0.25, -0.2) is 0 Å². The van der Waals surface area contributed by atoms with E-state index in [9.17, 15) is 4.79 Å². The molecular weight excluding hydrogens is 430 g/mol. The van der Waals surface area contributed by atoms with E-state index in [1.807, 2.05) is 60.6 Å². The molecule has 2 aromatic heterocycles. The Morgan fingerprint density at radius 2 is 1.93 bits per heavy atom. The van der Waals surface area contributed by atoms with Crippen LogP contribution in [0.25, 0.3) is 0 Å². The van der Waals surface area contributed by atoms with Gasteiger partial charge in [-0.3, -0.25) is 14.2 Å². The predicted molar refractivity (Wildman–Crippen MR) is 109 cm³/mol. The van der Waals surface area contributed by atoms with E-state index in [0.29, 0.717) is 23.7 Å². The molecule has 0 bridgehead atoms. The number of rotatable bonds is 6. The van der Waals surface area contributed by atoms with Gasteiger partial charge in [-0.05, 0) is 54.4 Å². The minimum Gasteiger partial charge on any atom is -0.346 e. The molecule has 3 aromatic rings. The molecule has 0 aliphatic carbocycles. The van der Waals surface area contributed by atoms with Crippen LogP contribution in [0.4, 0.5) is 0 Å². The molecule has 0 fully saturated rings. The Hall–Kier alpha value is -2.12. The lowest BCUT2D eigenvalue weighted by molar-refractivity contribution is 0.0950. The summed E-state index contributed by atoms with van der Waals surface area (Å²) in [7, 11) is 0. The Kier molecular flexibility index (Phi) is 6.01. The van der Waals surface area contributed by atoms with Crippen LogP contribution in [0, 0.1) is 13.8 Å². The zero-order valence-corrected chi connectivity index (χ0v) is 17.8. The maximum absolute atomic E-state index is 12.4. The number of nitrogens with zero attached hydrogens (tertiary/aromatic N) is 4. The topological polar surface area (TPSA) is 64.7 Å². The third-order valence-corrected chi connectivity index (χ3v) is 5.58. The number of benzene rings is 1. The predicted octanol–water partition coefficient (Wildman–Crippen LogP) is 4.11. The van der Waals surface area contributed by atoms with Gasteiger partial charge in [-0.15, -0.1) is 0 Å². The van der Waals surface area contributed by atoms with Crippen LogP contribution in [0.3, 0.4) is 0 Å². The molecule has 1 aromatic carbocycles. The van der Waals surface area contributed by atoms with Crippen LogP contribution < -0.4 is 5.32 Å². The molecule has 0 spiro atoms. The molecule has 0 saturated heterocycles. The minimum atomic E-state index is -0.131. The van der Waals surface area contributed by atoms with Gasteiger partial charge in [0.05, 0.1) is 39.7 Å². The number of amides is 1. The molecule has 142 valence electrons. The first-order valence-corrected chi connectivity index (χ1v) is 9.84. The molecule has 3 rings (SSSR count). The number of aryl methyl sites for hydroxylation is 2. The van der Waals surface area contributed by atoms with E-state index in [1.165, 1.54) is 0 Å². The minimum absolute atomic E-state index is 0.131. The molecule has 1 amide bonds. The van der Waals surface area contributed by atoms with E-state index < -0.39 is 0 Å². The van der Waals surface area contributed by atoms with Crippen molar-refractivity contribution in [3.05, 3.63) is 68.2 Å². The van der Waals surface area contributed by atoms with Crippen LogP contribution >= 0.6 is 27.5 Å². The number of hydrogen-bond acceptors (Lipinski definition) is 3. The van der Waals surface area contributed by atoms with Crippen molar-refractivity contribution in [2.75, 3.05) is 0 Å². The molecule has 0 aliphatic heterocycles. The van der Waals surface area contributed by atoms with Crippen molar-refractivity contribution in [1.82, 2.24) is 24.9 Å². The maximum Gasteiger partial charge on any atom is 0.251 e. The standard InChI is InChI=1S/C19H21BrClN5O/c1-4-25-11-16(20)17(24-25)9-22-19(27)15-7-5-14(6-8-15)10-26-13(3)18(21)12(2)23-26/h5-8,11H,4,9-10H2,1-3H3,(H,22,27). The van der Waals surface area contributed by atoms with E-state index in [2.05, 4.69) is 31.4 Å². The smallest absolute Gasteiger partial charge is 0.251 e. The fourth-order valence-electron chi connectivity index (χ4n) is 2.75. The average molecular weight is 451 g/mol. The normalized spacial score (nSPS) is 11.0. The SMILES string of the molecule is CCn1cc(Br)c(CNC(=O)c2ccc(Cn3nc(C)c(Cl)c3C)cc2)n1. The van der Waals surface area contributed by atoms with Crippen LogP contribution in [0.1, 0.15) is 39.9 Å². The number of carbonyl (C=O) groups is 1. The Morgan fingerprint density at radius 1 is 1.22 bits per heavy atom. The molecule has 8 heteroatoms. The van der Waals surface area contributed by atoms with E-state index in [1.54, 1.807) is 0 Å². The molecule has 0 saturated carbocycles. The molecule has 0 radical (unpaired) electrons. The number of aromatic nitrogens is 4.